The van der Waals surface area contributed by atoms with Crippen molar-refractivity contribution in [2.24, 2.45) is 0 Å². The first-order valence-corrected chi connectivity index (χ1v) is 9.81. The molecule has 9 nitrogen and oxygen atoms in total. The highest BCUT2D eigenvalue weighted by Gasteiger charge is 2.36. The zero-order chi connectivity index (χ0) is 19.1. The molecule has 0 amide bonds. The van der Waals surface area contributed by atoms with E-state index in [-0.39, 0.29) is 0 Å². The van der Waals surface area contributed by atoms with E-state index in [0.29, 0.717) is 18.0 Å². The summed E-state index contributed by atoms with van der Waals surface area (Å²) in [4.78, 5) is 13.5. The predicted octanol–water partition coefficient (Wildman–Crippen LogP) is 1.87. The van der Waals surface area contributed by atoms with Gasteiger partial charge in [-0.15, -0.1) is 15.3 Å². The highest BCUT2D eigenvalue weighted by molar-refractivity contribution is 5.48. The smallest absolute Gasteiger partial charge is 0.218 e. The Kier molecular flexibility index (Phi) is 4.22. The summed E-state index contributed by atoms with van der Waals surface area (Å²) < 4.78 is 7.11. The summed E-state index contributed by atoms with van der Waals surface area (Å²) >= 11 is 0. The summed E-state index contributed by atoms with van der Waals surface area (Å²) in [7, 11) is 1.65. The van der Waals surface area contributed by atoms with Gasteiger partial charge in [0.2, 0.25) is 5.88 Å². The number of ether oxygens (including phenoxy) is 1. The molecule has 0 atom stereocenters. The van der Waals surface area contributed by atoms with Crippen LogP contribution in [0, 0.1) is 6.92 Å². The van der Waals surface area contributed by atoms with Gasteiger partial charge in [-0.05, 0) is 44.7 Å². The third kappa shape index (κ3) is 3.10. The second kappa shape index (κ2) is 6.88. The summed E-state index contributed by atoms with van der Waals surface area (Å²) in [6.45, 7) is 3.86. The fourth-order valence-corrected chi connectivity index (χ4v) is 4.04. The molecule has 3 aromatic rings. The Labute approximate surface area is 163 Å². The lowest BCUT2D eigenvalue weighted by molar-refractivity contribution is 0.395. The summed E-state index contributed by atoms with van der Waals surface area (Å²) in [6, 6.07) is 7.04. The van der Waals surface area contributed by atoms with E-state index in [1.54, 1.807) is 13.4 Å². The molecule has 1 aliphatic carbocycles. The van der Waals surface area contributed by atoms with Crippen LogP contribution in [0.15, 0.2) is 24.5 Å². The molecule has 4 heterocycles. The van der Waals surface area contributed by atoms with Gasteiger partial charge in [0.05, 0.1) is 7.11 Å². The van der Waals surface area contributed by atoms with Crippen molar-refractivity contribution in [1.29, 1.82) is 0 Å². The predicted molar refractivity (Wildman–Crippen MR) is 105 cm³/mol. The summed E-state index contributed by atoms with van der Waals surface area (Å²) in [5.41, 5.74) is 0.786. The fourth-order valence-electron chi connectivity index (χ4n) is 4.04. The van der Waals surface area contributed by atoms with Gasteiger partial charge in [0.25, 0.3) is 0 Å². The van der Waals surface area contributed by atoms with E-state index in [0.717, 1.165) is 49.0 Å². The summed E-state index contributed by atoms with van der Waals surface area (Å²) in [5.74, 6) is 3.39. The van der Waals surface area contributed by atoms with Gasteiger partial charge in [-0.1, -0.05) is 0 Å². The number of piperidine rings is 1. The molecule has 146 valence electrons. The van der Waals surface area contributed by atoms with Crippen molar-refractivity contribution in [2.45, 2.75) is 44.7 Å². The van der Waals surface area contributed by atoms with Crippen LogP contribution in [0.2, 0.25) is 0 Å². The van der Waals surface area contributed by atoms with Crippen molar-refractivity contribution in [3.63, 3.8) is 0 Å². The molecule has 2 fully saturated rings. The average molecular weight is 380 g/mol. The molecule has 2 aliphatic rings. The van der Waals surface area contributed by atoms with Crippen molar-refractivity contribution in [2.75, 3.05) is 30.0 Å². The van der Waals surface area contributed by atoms with Crippen molar-refractivity contribution < 1.29 is 4.74 Å². The minimum atomic E-state index is 0.476. The zero-order valence-corrected chi connectivity index (χ0v) is 16.2. The van der Waals surface area contributed by atoms with Crippen LogP contribution >= 0.6 is 0 Å². The van der Waals surface area contributed by atoms with Gasteiger partial charge in [0.1, 0.15) is 18.0 Å². The maximum absolute atomic E-state index is 5.30. The molecule has 28 heavy (non-hydrogen) atoms. The van der Waals surface area contributed by atoms with Gasteiger partial charge in [-0.25, -0.2) is 9.97 Å². The second-order valence-corrected chi connectivity index (χ2v) is 7.48. The first kappa shape index (κ1) is 17.2. The fraction of sp³-hybridized carbons (Fsp3) is 0.526. The van der Waals surface area contributed by atoms with Gasteiger partial charge < -0.3 is 14.5 Å². The molecule has 3 aromatic heterocycles. The van der Waals surface area contributed by atoms with Crippen molar-refractivity contribution in [3.8, 4) is 5.88 Å². The molecule has 0 bridgehead atoms. The van der Waals surface area contributed by atoms with Gasteiger partial charge in [-0.3, -0.25) is 0 Å². The number of methoxy groups -OCH3 is 1. The molecule has 1 saturated carbocycles. The lowest BCUT2D eigenvalue weighted by Crippen LogP contribution is -2.46. The van der Waals surface area contributed by atoms with Crippen LogP contribution < -0.4 is 14.5 Å². The second-order valence-electron chi connectivity index (χ2n) is 7.48. The Balaban J connectivity index is 1.32. The molecule has 0 spiro atoms. The molecule has 5 rings (SSSR count). The van der Waals surface area contributed by atoms with Crippen LogP contribution in [0.4, 0.5) is 11.6 Å². The highest BCUT2D eigenvalue weighted by atomic mass is 16.5. The normalized spacial score (nSPS) is 17.9. The maximum atomic E-state index is 5.30. The molecule has 1 aliphatic heterocycles. The van der Waals surface area contributed by atoms with E-state index >= 15 is 0 Å². The average Bonchev–Trinajstić information content (AvgIpc) is 3.51. The number of hydrogen-bond donors (Lipinski definition) is 0. The van der Waals surface area contributed by atoms with Gasteiger partial charge >= 0.3 is 0 Å². The van der Waals surface area contributed by atoms with Crippen molar-refractivity contribution >= 4 is 17.3 Å². The third-order valence-electron chi connectivity index (χ3n) is 5.63. The number of fused-ring (bicyclic) bond motifs is 1. The Morgan fingerprint density at radius 3 is 2.57 bits per heavy atom. The largest absolute Gasteiger partial charge is 0.481 e. The third-order valence-corrected chi connectivity index (χ3v) is 5.63. The Hall–Kier alpha value is -2.97. The molecular weight excluding hydrogens is 356 g/mol. The minimum Gasteiger partial charge on any atom is -0.481 e. The molecule has 0 radical (unpaired) electrons. The molecule has 0 N–H and O–H groups in total. The quantitative estimate of drug-likeness (QED) is 0.663. The van der Waals surface area contributed by atoms with E-state index in [1.165, 1.54) is 12.8 Å². The number of nitrogens with zero attached hydrogens (tertiary/aromatic N) is 8. The van der Waals surface area contributed by atoms with E-state index in [4.69, 9.17) is 9.84 Å². The maximum Gasteiger partial charge on any atom is 0.218 e. The molecular formula is C19H24N8O. The molecule has 9 heteroatoms. The standard InChI is InChI=1S/C19H24N8O/c1-13-22-23-16-5-6-17(24-27(13)16)25-9-7-15(8-10-25)26(14-3-4-14)18-11-19(28-2)21-12-20-18/h5-6,11-12,14-15H,3-4,7-10H2,1-2H3. The van der Waals surface area contributed by atoms with E-state index in [2.05, 4.69) is 30.0 Å². The molecule has 0 unspecified atom stereocenters. The van der Waals surface area contributed by atoms with E-state index in [1.807, 2.05) is 29.6 Å². The topological polar surface area (TPSA) is 84.6 Å². The SMILES string of the molecule is COc1cc(N(C2CC2)C2CCN(c3ccc4nnc(C)n4n3)CC2)ncn1. The van der Waals surface area contributed by atoms with Gasteiger partial charge in [0.15, 0.2) is 11.5 Å². The number of anilines is 2. The Bertz CT molecular complexity index is 977. The Morgan fingerprint density at radius 1 is 1.04 bits per heavy atom. The Morgan fingerprint density at radius 2 is 1.82 bits per heavy atom. The van der Waals surface area contributed by atoms with Gasteiger partial charge in [0, 0.05) is 31.2 Å². The summed E-state index contributed by atoms with van der Waals surface area (Å²) in [6.07, 6.45) is 6.21. The van der Waals surface area contributed by atoms with E-state index < -0.39 is 0 Å². The first-order chi connectivity index (χ1) is 13.7. The monoisotopic (exact) mass is 380 g/mol. The van der Waals surface area contributed by atoms with Crippen molar-refractivity contribution in [3.05, 3.63) is 30.4 Å². The lowest BCUT2D eigenvalue weighted by atomic mass is 10.0. The minimum absolute atomic E-state index is 0.476. The van der Waals surface area contributed by atoms with Crippen LogP contribution in [0.1, 0.15) is 31.5 Å². The van der Waals surface area contributed by atoms with Crippen molar-refractivity contribution in [1.82, 2.24) is 29.8 Å². The number of hydrogen-bond acceptors (Lipinski definition) is 8. The number of rotatable bonds is 5. The van der Waals surface area contributed by atoms with Crippen LogP contribution in [0.5, 0.6) is 5.88 Å². The van der Waals surface area contributed by atoms with Crippen LogP contribution in [-0.4, -0.2) is 62.1 Å². The first-order valence-electron chi connectivity index (χ1n) is 9.81. The zero-order valence-electron chi connectivity index (χ0n) is 16.2. The van der Waals surface area contributed by atoms with Crippen LogP contribution in [0.3, 0.4) is 0 Å². The molecule has 0 aromatic carbocycles. The van der Waals surface area contributed by atoms with Crippen LogP contribution in [0.25, 0.3) is 5.65 Å². The summed E-state index contributed by atoms with van der Waals surface area (Å²) in [5, 5.41) is 12.9. The van der Waals surface area contributed by atoms with Crippen LogP contribution in [-0.2, 0) is 0 Å². The number of aromatic nitrogens is 6. The number of aryl methyl sites for hydroxylation is 1. The van der Waals surface area contributed by atoms with E-state index in [9.17, 15) is 0 Å². The molecule has 1 saturated heterocycles. The highest BCUT2D eigenvalue weighted by Crippen LogP contribution is 2.36. The van der Waals surface area contributed by atoms with Gasteiger partial charge in [-0.2, -0.15) is 4.52 Å². The lowest BCUT2D eigenvalue weighted by Gasteiger charge is -2.39.